The largest absolute Gasteiger partial charge is 0.455 e. The van der Waals surface area contributed by atoms with Gasteiger partial charge in [0.2, 0.25) is 0 Å². The Balaban J connectivity index is 1.58. The van der Waals surface area contributed by atoms with Crippen LogP contribution in [0.25, 0.3) is 0 Å². The van der Waals surface area contributed by atoms with E-state index >= 15 is 0 Å². The number of carbonyl (C=O) groups is 1. The van der Waals surface area contributed by atoms with Crippen LogP contribution in [0.4, 0.5) is 5.69 Å². The van der Waals surface area contributed by atoms with Gasteiger partial charge in [-0.3, -0.25) is 4.31 Å². The monoisotopic (exact) mass is 412 g/mol. The molecular weight excluding hydrogens is 392 g/mol. The lowest BCUT2D eigenvalue weighted by atomic mass is 10.1. The Morgan fingerprint density at radius 1 is 1.21 bits per heavy atom. The molecule has 2 aromatic carbocycles. The molecule has 1 atom stereocenters. The van der Waals surface area contributed by atoms with Crippen LogP contribution in [0.5, 0.6) is 0 Å². The third-order valence-corrected chi connectivity index (χ3v) is 6.72. The van der Waals surface area contributed by atoms with Crippen molar-refractivity contribution in [1.82, 2.24) is 5.16 Å². The van der Waals surface area contributed by atoms with Gasteiger partial charge in [0.1, 0.15) is 18.1 Å². The van der Waals surface area contributed by atoms with Crippen LogP contribution in [0, 0.1) is 6.92 Å². The van der Waals surface area contributed by atoms with Gasteiger partial charge in [0.15, 0.2) is 0 Å². The van der Waals surface area contributed by atoms with E-state index in [-0.39, 0.29) is 23.1 Å². The Hall–Kier alpha value is -3.13. The standard InChI is InChI=1S/C21H20N2O5S/c1-14-10-16-6-3-4-9-20(16)23(14)29(25,26)19-8-5-7-17(12-19)21(24)27-13-18-11-15(2)28-22-18/h3-9,11-12,14H,10,13H2,1-2H3. The number of anilines is 1. The van der Waals surface area contributed by atoms with Crippen molar-refractivity contribution in [3.05, 3.63) is 77.2 Å². The van der Waals surface area contributed by atoms with Crippen LogP contribution in [0.1, 0.15) is 34.3 Å². The molecule has 0 radical (unpaired) electrons. The molecule has 0 saturated heterocycles. The third-order valence-electron chi connectivity index (χ3n) is 4.80. The van der Waals surface area contributed by atoms with E-state index in [0.717, 1.165) is 5.56 Å². The van der Waals surface area contributed by atoms with Crippen LogP contribution in [0.3, 0.4) is 0 Å². The molecule has 0 amide bonds. The Labute approximate surface area is 168 Å². The fraction of sp³-hybridized carbons (Fsp3) is 0.238. The minimum atomic E-state index is -3.82. The average molecular weight is 412 g/mol. The molecule has 0 N–H and O–H groups in total. The van der Waals surface area contributed by atoms with Gasteiger partial charge in [-0.25, -0.2) is 13.2 Å². The van der Waals surface area contributed by atoms with Crippen LogP contribution in [-0.2, 0) is 27.8 Å². The van der Waals surface area contributed by atoms with E-state index in [1.165, 1.54) is 28.6 Å². The first kappa shape index (κ1) is 19.2. The average Bonchev–Trinajstić information content (AvgIpc) is 3.28. The van der Waals surface area contributed by atoms with E-state index < -0.39 is 16.0 Å². The first-order chi connectivity index (χ1) is 13.9. The maximum Gasteiger partial charge on any atom is 0.338 e. The highest BCUT2D eigenvalue weighted by molar-refractivity contribution is 7.92. The Bertz CT molecular complexity index is 1170. The van der Waals surface area contributed by atoms with E-state index in [0.29, 0.717) is 23.6 Å². The first-order valence-corrected chi connectivity index (χ1v) is 10.6. The summed E-state index contributed by atoms with van der Waals surface area (Å²) < 4.78 is 38.2. The predicted octanol–water partition coefficient (Wildman–Crippen LogP) is 3.48. The van der Waals surface area contributed by atoms with Gasteiger partial charge in [-0.1, -0.05) is 29.4 Å². The molecule has 150 valence electrons. The van der Waals surface area contributed by atoms with Crippen molar-refractivity contribution >= 4 is 21.7 Å². The van der Waals surface area contributed by atoms with Crippen LogP contribution in [-0.4, -0.2) is 25.6 Å². The lowest BCUT2D eigenvalue weighted by Gasteiger charge is -2.24. The van der Waals surface area contributed by atoms with Crippen molar-refractivity contribution < 1.29 is 22.5 Å². The highest BCUT2D eigenvalue weighted by atomic mass is 32.2. The minimum absolute atomic E-state index is 0.0489. The molecular formula is C21H20N2O5S. The number of hydrogen-bond acceptors (Lipinski definition) is 6. The van der Waals surface area contributed by atoms with Crippen molar-refractivity contribution in [3.8, 4) is 0 Å². The molecule has 0 saturated carbocycles. The molecule has 1 aliphatic rings. The van der Waals surface area contributed by atoms with E-state index in [9.17, 15) is 13.2 Å². The molecule has 1 aromatic heterocycles. The molecule has 1 aliphatic heterocycles. The second-order valence-corrected chi connectivity index (χ2v) is 8.83. The van der Waals surface area contributed by atoms with Crippen LogP contribution >= 0.6 is 0 Å². The highest BCUT2D eigenvalue weighted by Crippen LogP contribution is 2.36. The Morgan fingerprint density at radius 3 is 2.76 bits per heavy atom. The van der Waals surface area contributed by atoms with Gasteiger partial charge in [-0.05, 0) is 50.1 Å². The Morgan fingerprint density at radius 2 is 2.00 bits per heavy atom. The zero-order valence-corrected chi connectivity index (χ0v) is 16.8. The fourth-order valence-electron chi connectivity index (χ4n) is 3.51. The van der Waals surface area contributed by atoms with Gasteiger partial charge in [0.25, 0.3) is 10.0 Å². The molecule has 0 spiro atoms. The van der Waals surface area contributed by atoms with E-state index in [1.807, 2.05) is 25.1 Å². The molecule has 4 rings (SSSR count). The third kappa shape index (κ3) is 3.63. The Kier molecular flexibility index (Phi) is 4.87. The number of hydrogen-bond donors (Lipinski definition) is 0. The number of benzene rings is 2. The van der Waals surface area contributed by atoms with Crippen molar-refractivity contribution in [3.63, 3.8) is 0 Å². The van der Waals surface area contributed by atoms with Gasteiger partial charge >= 0.3 is 5.97 Å². The smallest absolute Gasteiger partial charge is 0.338 e. The summed E-state index contributed by atoms with van der Waals surface area (Å²) in [4.78, 5) is 12.4. The lowest BCUT2D eigenvalue weighted by molar-refractivity contribution is 0.0464. The molecule has 29 heavy (non-hydrogen) atoms. The SMILES string of the molecule is Cc1cc(COC(=O)c2cccc(S(=O)(=O)N3c4ccccc4CC3C)c2)no1. The second-order valence-electron chi connectivity index (χ2n) is 7.02. The zero-order valence-electron chi connectivity index (χ0n) is 16.0. The van der Waals surface area contributed by atoms with Crippen molar-refractivity contribution in [2.45, 2.75) is 37.8 Å². The molecule has 2 heterocycles. The number of sulfonamides is 1. The second kappa shape index (κ2) is 7.36. The van der Waals surface area contributed by atoms with Crippen LogP contribution in [0.15, 0.2) is 64.0 Å². The van der Waals surface area contributed by atoms with E-state index in [2.05, 4.69) is 5.16 Å². The van der Waals surface area contributed by atoms with E-state index in [4.69, 9.17) is 9.26 Å². The molecule has 7 nitrogen and oxygen atoms in total. The topological polar surface area (TPSA) is 89.7 Å². The number of fused-ring (bicyclic) bond motifs is 1. The van der Waals surface area contributed by atoms with Crippen molar-refractivity contribution in [2.75, 3.05) is 4.31 Å². The number of para-hydroxylation sites is 1. The normalized spacial score (nSPS) is 15.9. The fourth-order valence-corrected chi connectivity index (χ4v) is 5.25. The lowest BCUT2D eigenvalue weighted by Crippen LogP contribution is -2.35. The molecule has 1 unspecified atom stereocenters. The molecule has 0 aliphatic carbocycles. The molecule has 0 bridgehead atoms. The highest BCUT2D eigenvalue weighted by Gasteiger charge is 2.36. The van der Waals surface area contributed by atoms with Crippen molar-refractivity contribution in [2.24, 2.45) is 0 Å². The van der Waals surface area contributed by atoms with Gasteiger partial charge in [-0.15, -0.1) is 0 Å². The maximum atomic E-state index is 13.3. The van der Waals surface area contributed by atoms with Crippen LogP contribution < -0.4 is 4.31 Å². The summed E-state index contributed by atoms with van der Waals surface area (Å²) >= 11 is 0. The van der Waals surface area contributed by atoms with Gasteiger partial charge < -0.3 is 9.26 Å². The number of rotatable bonds is 5. The maximum absolute atomic E-state index is 13.3. The van der Waals surface area contributed by atoms with Gasteiger partial charge in [-0.2, -0.15) is 0 Å². The van der Waals surface area contributed by atoms with Crippen LogP contribution in [0.2, 0.25) is 0 Å². The van der Waals surface area contributed by atoms with E-state index in [1.54, 1.807) is 19.1 Å². The summed E-state index contributed by atoms with van der Waals surface area (Å²) in [5.41, 5.74) is 2.31. The molecule has 8 heteroatoms. The zero-order chi connectivity index (χ0) is 20.6. The summed E-state index contributed by atoms with van der Waals surface area (Å²) in [6.45, 7) is 3.56. The number of carbonyl (C=O) groups excluding carboxylic acids is 1. The molecule has 0 fully saturated rings. The summed E-state index contributed by atoms with van der Waals surface area (Å²) in [6.07, 6.45) is 0.647. The number of ether oxygens (including phenoxy) is 1. The number of aryl methyl sites for hydroxylation is 1. The number of aromatic nitrogens is 1. The summed E-state index contributed by atoms with van der Waals surface area (Å²) in [6, 6.07) is 14.8. The summed E-state index contributed by atoms with van der Waals surface area (Å²) in [5.74, 6) is -0.0123. The predicted molar refractivity (Wildman–Crippen MR) is 106 cm³/mol. The quantitative estimate of drug-likeness (QED) is 0.596. The van der Waals surface area contributed by atoms with Gasteiger partial charge in [0.05, 0.1) is 16.1 Å². The minimum Gasteiger partial charge on any atom is -0.455 e. The molecule has 3 aromatic rings. The van der Waals surface area contributed by atoms with Crippen molar-refractivity contribution in [1.29, 1.82) is 0 Å². The number of esters is 1. The van der Waals surface area contributed by atoms with Gasteiger partial charge in [0, 0.05) is 12.1 Å². The first-order valence-electron chi connectivity index (χ1n) is 9.18. The number of nitrogens with zero attached hydrogens (tertiary/aromatic N) is 2. The summed E-state index contributed by atoms with van der Waals surface area (Å²) in [5, 5.41) is 3.77. The summed E-state index contributed by atoms with van der Waals surface area (Å²) in [7, 11) is -3.82.